The minimum absolute atomic E-state index is 0.00444. The number of benzene rings is 4. The monoisotopic (exact) mass is 419 g/mol. The van der Waals surface area contributed by atoms with E-state index in [0.29, 0.717) is 33.8 Å². The maximum Gasteiger partial charge on any atom is 0.335 e. The van der Waals surface area contributed by atoms with Crippen LogP contribution >= 0.6 is 0 Å². The third kappa shape index (κ3) is 3.54. The zero-order valence-electron chi connectivity index (χ0n) is 16.8. The molecular weight excluding hydrogens is 402 g/mol. The Bertz CT molecular complexity index is 1390. The molecule has 0 fully saturated rings. The van der Waals surface area contributed by atoms with Crippen molar-refractivity contribution in [2.45, 2.75) is 0 Å². The SMILES string of the molecule is O=C(O)c1ccc2c(-c3nc(-c4ccccc4)nc(-c4ccccc4)n3)c(O)ccc2c1. The first-order chi connectivity index (χ1) is 15.6. The maximum absolute atomic E-state index is 11.4. The van der Waals surface area contributed by atoms with Crippen molar-refractivity contribution in [1.82, 2.24) is 15.0 Å². The van der Waals surface area contributed by atoms with E-state index in [-0.39, 0.29) is 11.3 Å². The Kier molecular flexibility index (Phi) is 4.80. The first-order valence-electron chi connectivity index (χ1n) is 9.96. The van der Waals surface area contributed by atoms with Crippen LogP contribution in [-0.2, 0) is 0 Å². The van der Waals surface area contributed by atoms with Crippen LogP contribution < -0.4 is 0 Å². The minimum atomic E-state index is -1.01. The van der Waals surface area contributed by atoms with E-state index in [9.17, 15) is 15.0 Å². The van der Waals surface area contributed by atoms with Crippen molar-refractivity contribution in [3.63, 3.8) is 0 Å². The molecule has 1 heterocycles. The van der Waals surface area contributed by atoms with E-state index in [0.717, 1.165) is 11.1 Å². The molecule has 0 amide bonds. The summed E-state index contributed by atoms with van der Waals surface area (Å²) in [4.78, 5) is 25.4. The van der Waals surface area contributed by atoms with Gasteiger partial charge in [0, 0.05) is 11.1 Å². The Balaban J connectivity index is 1.79. The Morgan fingerprint density at radius 3 is 1.78 bits per heavy atom. The lowest BCUT2D eigenvalue weighted by Crippen LogP contribution is -2.01. The third-order valence-electron chi connectivity index (χ3n) is 5.17. The van der Waals surface area contributed by atoms with Crippen LogP contribution in [0.4, 0.5) is 0 Å². The third-order valence-corrected chi connectivity index (χ3v) is 5.17. The molecule has 2 N–H and O–H groups in total. The molecule has 0 saturated heterocycles. The summed E-state index contributed by atoms with van der Waals surface area (Å²) < 4.78 is 0. The second kappa shape index (κ2) is 7.92. The molecule has 0 spiro atoms. The quantitative estimate of drug-likeness (QED) is 0.403. The molecule has 0 aliphatic rings. The van der Waals surface area contributed by atoms with E-state index in [1.165, 1.54) is 12.1 Å². The van der Waals surface area contributed by atoms with E-state index in [4.69, 9.17) is 0 Å². The van der Waals surface area contributed by atoms with Crippen molar-refractivity contribution >= 4 is 16.7 Å². The van der Waals surface area contributed by atoms with Crippen molar-refractivity contribution in [3.8, 4) is 39.9 Å². The first kappa shape index (κ1) is 19.4. The maximum atomic E-state index is 11.4. The molecule has 0 saturated carbocycles. The summed E-state index contributed by atoms with van der Waals surface area (Å²) in [7, 11) is 0. The molecule has 0 aliphatic heterocycles. The highest BCUT2D eigenvalue weighted by molar-refractivity contribution is 6.02. The predicted molar refractivity (Wildman–Crippen MR) is 122 cm³/mol. The Morgan fingerprint density at radius 1 is 0.656 bits per heavy atom. The zero-order chi connectivity index (χ0) is 22.1. The lowest BCUT2D eigenvalue weighted by Gasteiger charge is -2.12. The van der Waals surface area contributed by atoms with E-state index < -0.39 is 5.97 Å². The molecule has 6 nitrogen and oxygen atoms in total. The van der Waals surface area contributed by atoms with E-state index in [1.54, 1.807) is 18.2 Å². The molecule has 0 unspecified atom stereocenters. The molecule has 0 radical (unpaired) electrons. The number of hydrogen-bond acceptors (Lipinski definition) is 5. The van der Waals surface area contributed by atoms with Gasteiger partial charge in [0.2, 0.25) is 0 Å². The zero-order valence-corrected chi connectivity index (χ0v) is 16.8. The molecule has 5 rings (SSSR count). The van der Waals surface area contributed by atoms with E-state index >= 15 is 0 Å². The van der Waals surface area contributed by atoms with Crippen molar-refractivity contribution < 1.29 is 15.0 Å². The van der Waals surface area contributed by atoms with Gasteiger partial charge in [0.1, 0.15) is 5.75 Å². The molecule has 1 aromatic heterocycles. The highest BCUT2D eigenvalue weighted by Gasteiger charge is 2.18. The van der Waals surface area contributed by atoms with Crippen molar-refractivity contribution in [3.05, 3.63) is 96.6 Å². The van der Waals surface area contributed by atoms with Crippen LogP contribution in [0.3, 0.4) is 0 Å². The number of phenolic OH excluding ortho intramolecular Hbond substituents is 1. The summed E-state index contributed by atoms with van der Waals surface area (Å²) >= 11 is 0. The second-order valence-electron chi connectivity index (χ2n) is 7.24. The van der Waals surface area contributed by atoms with Gasteiger partial charge in [0.05, 0.1) is 11.1 Å². The molecule has 4 aromatic carbocycles. The number of aromatic nitrogens is 3. The summed E-state index contributed by atoms with van der Waals surface area (Å²) in [5, 5.41) is 21.4. The van der Waals surface area contributed by atoms with Gasteiger partial charge in [-0.2, -0.15) is 0 Å². The Morgan fingerprint density at radius 2 is 1.22 bits per heavy atom. The number of fused-ring (bicyclic) bond motifs is 1. The lowest BCUT2D eigenvalue weighted by atomic mass is 10.0. The molecule has 32 heavy (non-hydrogen) atoms. The van der Waals surface area contributed by atoms with Gasteiger partial charge in [0.25, 0.3) is 0 Å². The van der Waals surface area contributed by atoms with Crippen LogP contribution in [0.15, 0.2) is 91.0 Å². The normalized spacial score (nSPS) is 10.9. The van der Waals surface area contributed by atoms with Crippen LogP contribution in [0.2, 0.25) is 0 Å². The smallest absolute Gasteiger partial charge is 0.335 e. The van der Waals surface area contributed by atoms with Gasteiger partial charge in [-0.25, -0.2) is 19.7 Å². The number of carbonyl (C=O) groups is 1. The number of phenols is 1. The number of rotatable bonds is 4. The second-order valence-corrected chi connectivity index (χ2v) is 7.24. The topological polar surface area (TPSA) is 96.2 Å². The molecule has 0 aliphatic carbocycles. The van der Waals surface area contributed by atoms with Gasteiger partial charge in [0.15, 0.2) is 17.5 Å². The molecule has 0 bridgehead atoms. The number of carboxylic acid groups (broad SMARTS) is 1. The fraction of sp³-hybridized carbons (Fsp3) is 0. The van der Waals surface area contributed by atoms with Crippen molar-refractivity contribution in [2.24, 2.45) is 0 Å². The van der Waals surface area contributed by atoms with E-state index in [1.807, 2.05) is 60.7 Å². The number of nitrogens with zero attached hydrogens (tertiary/aromatic N) is 3. The Labute approximate surface area is 183 Å². The molecule has 5 aromatic rings. The highest BCUT2D eigenvalue weighted by atomic mass is 16.4. The van der Waals surface area contributed by atoms with Crippen LogP contribution in [0.5, 0.6) is 5.75 Å². The fourth-order valence-electron chi connectivity index (χ4n) is 3.61. The van der Waals surface area contributed by atoms with Crippen LogP contribution in [0, 0.1) is 0 Å². The fourth-order valence-corrected chi connectivity index (χ4v) is 3.61. The summed E-state index contributed by atoms with van der Waals surface area (Å²) in [6.07, 6.45) is 0. The van der Waals surface area contributed by atoms with Gasteiger partial charge >= 0.3 is 5.97 Å². The highest BCUT2D eigenvalue weighted by Crippen LogP contribution is 2.36. The molecule has 154 valence electrons. The standard InChI is InChI=1S/C26H17N3O3/c30-21-14-12-18-15-19(26(31)32)11-13-20(18)22(21)25-28-23(16-7-3-1-4-8-16)27-24(29-25)17-9-5-2-6-10-17/h1-15,30H,(H,31,32). The summed E-state index contributed by atoms with van der Waals surface area (Å²) in [5.41, 5.74) is 2.23. The average molecular weight is 419 g/mol. The van der Waals surface area contributed by atoms with Crippen molar-refractivity contribution in [1.29, 1.82) is 0 Å². The predicted octanol–water partition coefficient (Wildman–Crippen LogP) is 5.43. The van der Waals surface area contributed by atoms with Gasteiger partial charge in [-0.1, -0.05) is 72.8 Å². The number of aromatic carboxylic acids is 1. The molecule has 0 atom stereocenters. The summed E-state index contributed by atoms with van der Waals surface area (Å²) in [5.74, 6) is 0.258. The molecular formula is C26H17N3O3. The lowest BCUT2D eigenvalue weighted by molar-refractivity contribution is 0.0697. The van der Waals surface area contributed by atoms with Crippen LogP contribution in [0.25, 0.3) is 44.9 Å². The Hall–Kier alpha value is -4.58. The van der Waals surface area contributed by atoms with Crippen molar-refractivity contribution in [2.75, 3.05) is 0 Å². The van der Waals surface area contributed by atoms with Crippen LogP contribution in [-0.4, -0.2) is 31.1 Å². The van der Waals surface area contributed by atoms with Crippen LogP contribution in [0.1, 0.15) is 10.4 Å². The average Bonchev–Trinajstić information content (AvgIpc) is 2.84. The van der Waals surface area contributed by atoms with Gasteiger partial charge < -0.3 is 10.2 Å². The van der Waals surface area contributed by atoms with E-state index in [2.05, 4.69) is 15.0 Å². The van der Waals surface area contributed by atoms with Gasteiger partial charge in [-0.05, 0) is 29.0 Å². The number of carboxylic acids is 1. The number of hydrogen-bond donors (Lipinski definition) is 2. The van der Waals surface area contributed by atoms with Gasteiger partial charge in [-0.15, -0.1) is 0 Å². The van der Waals surface area contributed by atoms with Gasteiger partial charge in [-0.3, -0.25) is 0 Å². The minimum Gasteiger partial charge on any atom is -0.507 e. The largest absolute Gasteiger partial charge is 0.507 e. The summed E-state index contributed by atoms with van der Waals surface area (Å²) in [6.45, 7) is 0. The summed E-state index contributed by atoms with van der Waals surface area (Å²) in [6, 6.07) is 27.1. The first-order valence-corrected chi connectivity index (χ1v) is 9.96. The molecule has 6 heteroatoms. The number of aromatic hydroxyl groups is 1.